The number of carbonyl (C=O) groups excluding carboxylic acids is 1. The summed E-state index contributed by atoms with van der Waals surface area (Å²) < 4.78 is 18.1. The fourth-order valence-electron chi connectivity index (χ4n) is 0.709. The fraction of sp³-hybridized carbons (Fsp3) is 0.875. The Balaban J connectivity index is 4.12. The molecule has 0 N–H and O–H groups in total. The monoisotopic (exact) mass is 194 g/mol. The molecule has 0 amide bonds. The summed E-state index contributed by atoms with van der Waals surface area (Å²) in [6.07, 6.45) is -0.104. The first-order valence-electron chi connectivity index (χ1n) is 4.27. The maximum Gasteiger partial charge on any atom is 0.406 e. The number of alkyl halides is 1. The van der Waals surface area contributed by atoms with E-state index in [1.54, 1.807) is 13.8 Å². The number of rotatable bonds is 6. The predicted octanol–water partition coefficient (Wildman–Crippen LogP) is 1.59. The SMILES string of the molecule is CCOOC(=O)C(F)(CC)OCC. The lowest BCUT2D eigenvalue weighted by atomic mass is 10.2. The van der Waals surface area contributed by atoms with Crippen molar-refractivity contribution in [2.45, 2.75) is 33.0 Å². The lowest BCUT2D eigenvalue weighted by molar-refractivity contribution is -0.297. The molecule has 0 saturated heterocycles. The van der Waals surface area contributed by atoms with Gasteiger partial charge >= 0.3 is 11.8 Å². The van der Waals surface area contributed by atoms with Gasteiger partial charge in [-0.2, -0.15) is 9.28 Å². The highest BCUT2D eigenvalue weighted by molar-refractivity contribution is 5.77. The van der Waals surface area contributed by atoms with Gasteiger partial charge in [0.15, 0.2) is 0 Å². The Hall–Kier alpha value is -0.680. The van der Waals surface area contributed by atoms with Crippen molar-refractivity contribution in [1.29, 1.82) is 0 Å². The van der Waals surface area contributed by atoms with Crippen molar-refractivity contribution in [1.82, 2.24) is 0 Å². The minimum absolute atomic E-state index is 0.103. The quantitative estimate of drug-likeness (QED) is 0.476. The minimum atomic E-state index is -2.39. The maximum atomic E-state index is 13.5. The molecule has 0 spiro atoms. The zero-order valence-electron chi connectivity index (χ0n) is 8.13. The Labute approximate surface area is 76.9 Å². The van der Waals surface area contributed by atoms with E-state index in [1.165, 1.54) is 6.92 Å². The molecule has 13 heavy (non-hydrogen) atoms. The van der Waals surface area contributed by atoms with Gasteiger partial charge in [0.05, 0.1) is 6.61 Å². The molecular weight excluding hydrogens is 179 g/mol. The fourth-order valence-corrected chi connectivity index (χ4v) is 0.709. The highest BCUT2D eigenvalue weighted by atomic mass is 19.2. The Bertz CT molecular complexity index is 162. The Morgan fingerprint density at radius 1 is 1.31 bits per heavy atom. The number of ether oxygens (including phenoxy) is 1. The number of halogens is 1. The van der Waals surface area contributed by atoms with E-state index in [4.69, 9.17) is 0 Å². The molecule has 0 bridgehead atoms. The van der Waals surface area contributed by atoms with Crippen LogP contribution in [0.1, 0.15) is 27.2 Å². The molecule has 0 aromatic carbocycles. The first-order chi connectivity index (χ1) is 6.10. The van der Waals surface area contributed by atoms with Crippen LogP contribution >= 0.6 is 0 Å². The normalized spacial score (nSPS) is 15.1. The van der Waals surface area contributed by atoms with Gasteiger partial charge in [-0.05, 0) is 13.8 Å². The standard InChI is InChI=1S/C8H15FO4/c1-4-8(9,11-5-2)7(10)13-12-6-3/h4-6H2,1-3H3. The number of hydrogen-bond acceptors (Lipinski definition) is 4. The van der Waals surface area contributed by atoms with Crippen LogP contribution in [0.25, 0.3) is 0 Å². The third-order valence-electron chi connectivity index (χ3n) is 1.39. The van der Waals surface area contributed by atoms with E-state index in [2.05, 4.69) is 14.5 Å². The van der Waals surface area contributed by atoms with Crippen LogP contribution in [-0.4, -0.2) is 25.0 Å². The molecule has 1 unspecified atom stereocenters. The van der Waals surface area contributed by atoms with Crippen LogP contribution in [0.4, 0.5) is 4.39 Å². The van der Waals surface area contributed by atoms with Crippen LogP contribution in [0.3, 0.4) is 0 Å². The van der Waals surface area contributed by atoms with Crippen molar-refractivity contribution < 1.29 is 23.7 Å². The van der Waals surface area contributed by atoms with Crippen LogP contribution in [0.15, 0.2) is 0 Å². The third kappa shape index (κ3) is 3.69. The maximum absolute atomic E-state index is 13.5. The van der Waals surface area contributed by atoms with Gasteiger partial charge < -0.3 is 4.74 Å². The predicted molar refractivity (Wildman–Crippen MR) is 43.5 cm³/mol. The van der Waals surface area contributed by atoms with Crippen molar-refractivity contribution in [3.05, 3.63) is 0 Å². The highest BCUT2D eigenvalue weighted by Gasteiger charge is 2.40. The van der Waals surface area contributed by atoms with Gasteiger partial charge in [-0.1, -0.05) is 6.92 Å². The van der Waals surface area contributed by atoms with Crippen molar-refractivity contribution in [2.24, 2.45) is 0 Å². The molecular formula is C8H15FO4. The average molecular weight is 194 g/mol. The lowest BCUT2D eigenvalue weighted by Gasteiger charge is -2.19. The second-order valence-corrected chi connectivity index (χ2v) is 2.29. The summed E-state index contributed by atoms with van der Waals surface area (Å²) in [7, 11) is 0. The smallest absolute Gasteiger partial charge is 0.337 e. The van der Waals surface area contributed by atoms with Crippen LogP contribution in [0.5, 0.6) is 0 Å². The van der Waals surface area contributed by atoms with Crippen molar-refractivity contribution in [3.8, 4) is 0 Å². The summed E-state index contributed by atoms with van der Waals surface area (Å²) in [5.74, 6) is -3.53. The Morgan fingerprint density at radius 3 is 2.31 bits per heavy atom. The van der Waals surface area contributed by atoms with Crippen molar-refractivity contribution in [3.63, 3.8) is 0 Å². The molecule has 0 fully saturated rings. The highest BCUT2D eigenvalue weighted by Crippen LogP contribution is 2.19. The second kappa shape index (κ2) is 5.88. The van der Waals surface area contributed by atoms with Crippen LogP contribution in [0.2, 0.25) is 0 Å². The van der Waals surface area contributed by atoms with Gasteiger partial charge in [0.1, 0.15) is 0 Å². The molecule has 5 heteroatoms. The molecule has 78 valence electrons. The van der Waals surface area contributed by atoms with Gasteiger partial charge in [0.2, 0.25) is 0 Å². The first-order valence-corrected chi connectivity index (χ1v) is 4.27. The Morgan fingerprint density at radius 2 is 1.92 bits per heavy atom. The molecule has 0 aliphatic rings. The molecule has 0 aliphatic heterocycles. The summed E-state index contributed by atoms with van der Waals surface area (Å²) in [5.41, 5.74) is 0. The second-order valence-electron chi connectivity index (χ2n) is 2.29. The Kier molecular flexibility index (Phi) is 5.57. The van der Waals surface area contributed by atoms with E-state index in [1.807, 2.05) is 0 Å². The summed E-state index contributed by atoms with van der Waals surface area (Å²) in [6, 6.07) is 0. The largest absolute Gasteiger partial charge is 0.406 e. The van der Waals surface area contributed by atoms with E-state index in [0.717, 1.165) is 0 Å². The van der Waals surface area contributed by atoms with Gasteiger partial charge in [-0.25, -0.2) is 4.79 Å². The topological polar surface area (TPSA) is 44.8 Å². The molecule has 1 atom stereocenters. The zero-order chi connectivity index (χ0) is 10.3. The summed E-state index contributed by atoms with van der Waals surface area (Å²) in [4.78, 5) is 19.5. The number of carbonyl (C=O) groups is 1. The molecule has 0 rings (SSSR count). The van der Waals surface area contributed by atoms with Crippen LogP contribution < -0.4 is 0 Å². The molecule has 0 heterocycles. The zero-order valence-corrected chi connectivity index (χ0v) is 8.13. The number of hydrogen-bond donors (Lipinski definition) is 0. The van der Waals surface area contributed by atoms with Gasteiger partial charge in [0, 0.05) is 13.0 Å². The molecule has 0 aromatic rings. The summed E-state index contributed by atoms with van der Waals surface area (Å²) in [6.45, 7) is 4.99. The van der Waals surface area contributed by atoms with E-state index < -0.39 is 11.8 Å². The third-order valence-corrected chi connectivity index (χ3v) is 1.39. The van der Waals surface area contributed by atoms with Crippen molar-refractivity contribution >= 4 is 5.97 Å². The molecule has 0 saturated carbocycles. The van der Waals surface area contributed by atoms with E-state index in [-0.39, 0.29) is 19.6 Å². The molecule has 4 nitrogen and oxygen atoms in total. The average Bonchev–Trinajstić information content (AvgIpc) is 2.14. The first kappa shape index (κ1) is 12.3. The lowest BCUT2D eigenvalue weighted by Crippen LogP contribution is -2.38. The summed E-state index contributed by atoms with van der Waals surface area (Å²) >= 11 is 0. The molecule has 0 radical (unpaired) electrons. The molecule has 0 aliphatic carbocycles. The molecule has 0 aromatic heterocycles. The van der Waals surface area contributed by atoms with Gasteiger partial charge in [0.25, 0.3) is 0 Å². The van der Waals surface area contributed by atoms with E-state index in [9.17, 15) is 9.18 Å². The van der Waals surface area contributed by atoms with Gasteiger partial charge in [-0.3, -0.25) is 4.89 Å². The van der Waals surface area contributed by atoms with E-state index in [0.29, 0.717) is 0 Å². The minimum Gasteiger partial charge on any atom is -0.337 e. The summed E-state index contributed by atoms with van der Waals surface area (Å²) in [5, 5.41) is 0. The van der Waals surface area contributed by atoms with E-state index >= 15 is 0 Å². The van der Waals surface area contributed by atoms with Crippen LogP contribution in [0, 0.1) is 0 Å². The van der Waals surface area contributed by atoms with Crippen molar-refractivity contribution in [2.75, 3.05) is 13.2 Å². The van der Waals surface area contributed by atoms with Crippen LogP contribution in [-0.2, 0) is 19.3 Å². The van der Waals surface area contributed by atoms with Gasteiger partial charge in [-0.15, -0.1) is 0 Å².